The van der Waals surface area contributed by atoms with E-state index in [9.17, 15) is 9.59 Å². The van der Waals surface area contributed by atoms with Gasteiger partial charge in [0.05, 0.1) is 10.5 Å². The lowest BCUT2D eigenvalue weighted by atomic mass is 9.91. The monoisotopic (exact) mass is 486 g/mol. The van der Waals surface area contributed by atoms with E-state index in [-0.39, 0.29) is 11.5 Å². The van der Waals surface area contributed by atoms with Crippen LogP contribution in [-0.2, 0) is 9.53 Å². The Labute approximate surface area is 203 Å². The minimum Gasteiger partial charge on any atom is -0.385 e. The van der Waals surface area contributed by atoms with E-state index in [0.717, 1.165) is 25.1 Å². The first-order valence-corrected chi connectivity index (χ1v) is 12.5. The number of pyridine rings is 1. The standard InChI is InChI=1S/C24H30N4O3S2/c1-15-11-16(2)14-26(13-15)21-18(22(29)27-8-5-7-17(3)20(27)25-21)12-19-23(30)28(24(32)33-19)9-6-10-31-4/h5,7-8,12,15-16H,6,9-11,13-14H2,1-4H3. The van der Waals surface area contributed by atoms with Crippen LogP contribution in [-0.4, -0.2) is 57.9 Å². The number of fused-ring (bicyclic) bond motifs is 1. The Hall–Kier alpha value is -2.23. The first kappa shape index (κ1) is 23.9. The van der Waals surface area contributed by atoms with E-state index in [1.165, 1.54) is 11.8 Å². The maximum absolute atomic E-state index is 13.6. The van der Waals surface area contributed by atoms with E-state index in [1.807, 2.05) is 19.1 Å². The fourth-order valence-electron chi connectivity index (χ4n) is 4.69. The van der Waals surface area contributed by atoms with E-state index in [0.29, 0.717) is 57.7 Å². The van der Waals surface area contributed by atoms with Crippen molar-refractivity contribution in [1.82, 2.24) is 14.3 Å². The zero-order chi connectivity index (χ0) is 23.7. The van der Waals surface area contributed by atoms with E-state index < -0.39 is 0 Å². The van der Waals surface area contributed by atoms with Gasteiger partial charge in [0.1, 0.15) is 15.8 Å². The average molecular weight is 487 g/mol. The van der Waals surface area contributed by atoms with Crippen molar-refractivity contribution in [2.45, 2.75) is 33.6 Å². The first-order valence-electron chi connectivity index (χ1n) is 11.3. The van der Waals surface area contributed by atoms with Crippen molar-refractivity contribution < 1.29 is 9.53 Å². The van der Waals surface area contributed by atoms with Crippen LogP contribution < -0.4 is 10.5 Å². The molecule has 2 unspecified atom stereocenters. The molecule has 2 aromatic heterocycles. The molecule has 7 nitrogen and oxygen atoms in total. The molecule has 176 valence electrons. The maximum Gasteiger partial charge on any atom is 0.267 e. The number of amides is 1. The number of thioether (sulfide) groups is 1. The average Bonchev–Trinajstić information content (AvgIpc) is 3.03. The zero-order valence-electron chi connectivity index (χ0n) is 19.5. The fraction of sp³-hybridized carbons (Fsp3) is 0.500. The molecule has 2 aromatic rings. The third-order valence-corrected chi connectivity index (χ3v) is 7.49. The number of hydrogen-bond acceptors (Lipinski definition) is 7. The number of carbonyl (C=O) groups excluding carboxylic acids is 1. The van der Waals surface area contributed by atoms with Gasteiger partial charge in [-0.2, -0.15) is 0 Å². The molecule has 1 amide bonds. The van der Waals surface area contributed by atoms with Crippen molar-refractivity contribution in [2.24, 2.45) is 11.8 Å². The Morgan fingerprint density at radius 3 is 2.70 bits per heavy atom. The number of anilines is 1. The second-order valence-electron chi connectivity index (χ2n) is 9.07. The first-order chi connectivity index (χ1) is 15.8. The van der Waals surface area contributed by atoms with Gasteiger partial charge in [-0.25, -0.2) is 4.98 Å². The Balaban J connectivity index is 1.81. The molecule has 2 saturated heterocycles. The molecule has 0 bridgehead atoms. The number of aryl methyl sites for hydroxylation is 1. The number of rotatable bonds is 6. The van der Waals surface area contributed by atoms with Crippen molar-refractivity contribution in [3.05, 3.63) is 44.7 Å². The Morgan fingerprint density at radius 1 is 1.27 bits per heavy atom. The summed E-state index contributed by atoms with van der Waals surface area (Å²) in [5, 5.41) is 0. The van der Waals surface area contributed by atoms with Gasteiger partial charge >= 0.3 is 0 Å². The molecule has 9 heteroatoms. The lowest BCUT2D eigenvalue weighted by Crippen LogP contribution is -2.40. The van der Waals surface area contributed by atoms with Crippen LogP contribution in [0.15, 0.2) is 28.0 Å². The summed E-state index contributed by atoms with van der Waals surface area (Å²) in [6.45, 7) is 9.13. The van der Waals surface area contributed by atoms with Crippen molar-refractivity contribution in [2.75, 3.05) is 38.3 Å². The molecule has 4 rings (SSSR count). The molecular weight excluding hydrogens is 456 g/mol. The van der Waals surface area contributed by atoms with Crippen molar-refractivity contribution in [3.8, 4) is 0 Å². The van der Waals surface area contributed by atoms with E-state index in [4.69, 9.17) is 21.9 Å². The molecule has 0 aromatic carbocycles. The third-order valence-electron chi connectivity index (χ3n) is 6.11. The summed E-state index contributed by atoms with van der Waals surface area (Å²) < 4.78 is 7.18. The van der Waals surface area contributed by atoms with Gasteiger partial charge in [0.15, 0.2) is 0 Å². The Kier molecular flexibility index (Phi) is 7.21. The molecule has 2 aliphatic heterocycles. The normalized spacial score (nSPS) is 22.7. The summed E-state index contributed by atoms with van der Waals surface area (Å²) in [4.78, 5) is 36.0. The highest BCUT2D eigenvalue weighted by Gasteiger charge is 2.33. The van der Waals surface area contributed by atoms with Gasteiger partial charge in [-0.05, 0) is 49.3 Å². The molecule has 0 aliphatic carbocycles. The molecule has 0 saturated carbocycles. The summed E-state index contributed by atoms with van der Waals surface area (Å²) in [5.74, 6) is 1.48. The van der Waals surface area contributed by atoms with Gasteiger partial charge in [-0.3, -0.25) is 18.9 Å². The molecular formula is C24H30N4O3S2. The quantitative estimate of drug-likeness (QED) is 0.350. The van der Waals surface area contributed by atoms with Crippen LogP contribution in [0.25, 0.3) is 11.7 Å². The Morgan fingerprint density at radius 2 is 2.00 bits per heavy atom. The second kappa shape index (κ2) is 9.95. The molecule has 0 N–H and O–H groups in total. The number of aromatic nitrogens is 2. The van der Waals surface area contributed by atoms with E-state index in [2.05, 4.69) is 18.7 Å². The van der Waals surface area contributed by atoms with Gasteiger partial charge in [-0.1, -0.05) is 43.9 Å². The smallest absolute Gasteiger partial charge is 0.267 e. The third kappa shape index (κ3) is 4.85. The number of carbonyl (C=O) groups is 1. The minimum absolute atomic E-state index is 0.166. The molecule has 0 spiro atoms. The molecule has 2 aliphatic rings. The number of piperidine rings is 1. The summed E-state index contributed by atoms with van der Waals surface area (Å²) in [7, 11) is 1.63. The van der Waals surface area contributed by atoms with Crippen LogP contribution in [0.3, 0.4) is 0 Å². The molecule has 2 atom stereocenters. The van der Waals surface area contributed by atoms with Crippen molar-refractivity contribution >= 4 is 51.7 Å². The van der Waals surface area contributed by atoms with Gasteiger partial charge in [0, 0.05) is 39.5 Å². The molecule has 2 fully saturated rings. The van der Waals surface area contributed by atoms with Gasteiger partial charge in [0.25, 0.3) is 11.5 Å². The summed E-state index contributed by atoms with van der Waals surface area (Å²) in [6, 6.07) is 3.80. The topological polar surface area (TPSA) is 67.2 Å². The van der Waals surface area contributed by atoms with Crippen LogP contribution >= 0.6 is 24.0 Å². The van der Waals surface area contributed by atoms with E-state index in [1.54, 1.807) is 28.7 Å². The van der Waals surface area contributed by atoms with Crippen LogP contribution in [0, 0.1) is 18.8 Å². The number of methoxy groups -OCH3 is 1. The largest absolute Gasteiger partial charge is 0.385 e. The summed E-state index contributed by atoms with van der Waals surface area (Å²) in [5.41, 5.74) is 1.85. The van der Waals surface area contributed by atoms with Crippen molar-refractivity contribution in [1.29, 1.82) is 0 Å². The zero-order valence-corrected chi connectivity index (χ0v) is 21.2. The fourth-order valence-corrected chi connectivity index (χ4v) is 5.98. The predicted octanol–water partition coefficient (Wildman–Crippen LogP) is 3.72. The molecule has 33 heavy (non-hydrogen) atoms. The highest BCUT2D eigenvalue weighted by atomic mass is 32.2. The predicted molar refractivity (Wildman–Crippen MR) is 138 cm³/mol. The summed E-state index contributed by atoms with van der Waals surface area (Å²) >= 11 is 6.70. The van der Waals surface area contributed by atoms with E-state index >= 15 is 0 Å². The number of nitrogens with zero attached hydrogens (tertiary/aromatic N) is 4. The SMILES string of the molecule is COCCCN1C(=O)C(=Cc2c(N3CC(C)CC(C)C3)nc3c(C)cccn3c2=O)SC1=S. The highest BCUT2D eigenvalue weighted by Crippen LogP contribution is 2.34. The number of ether oxygens (including phenoxy) is 1. The minimum atomic E-state index is -0.172. The lowest BCUT2D eigenvalue weighted by Gasteiger charge is -2.36. The molecule has 0 radical (unpaired) electrons. The van der Waals surface area contributed by atoms with Gasteiger partial charge in [0.2, 0.25) is 0 Å². The van der Waals surface area contributed by atoms with Crippen LogP contribution in [0.4, 0.5) is 5.82 Å². The van der Waals surface area contributed by atoms with Crippen LogP contribution in [0.2, 0.25) is 0 Å². The Bertz CT molecular complexity index is 1170. The van der Waals surface area contributed by atoms with Crippen LogP contribution in [0.5, 0.6) is 0 Å². The number of hydrogen-bond donors (Lipinski definition) is 0. The van der Waals surface area contributed by atoms with Crippen LogP contribution in [0.1, 0.15) is 37.8 Å². The molecule has 4 heterocycles. The van der Waals surface area contributed by atoms with Gasteiger partial charge < -0.3 is 9.64 Å². The lowest BCUT2D eigenvalue weighted by molar-refractivity contribution is -0.122. The highest BCUT2D eigenvalue weighted by molar-refractivity contribution is 8.26. The maximum atomic E-state index is 13.6. The second-order valence-corrected chi connectivity index (χ2v) is 10.7. The number of thiocarbonyl (C=S) groups is 1. The van der Waals surface area contributed by atoms with Crippen molar-refractivity contribution in [3.63, 3.8) is 0 Å². The van der Waals surface area contributed by atoms with Gasteiger partial charge in [-0.15, -0.1) is 0 Å². The summed E-state index contributed by atoms with van der Waals surface area (Å²) in [6.07, 6.45) is 5.28.